The second-order valence-electron chi connectivity index (χ2n) is 5.51. The van der Waals surface area contributed by atoms with Crippen LogP contribution >= 0.6 is 0 Å². The minimum Gasteiger partial charge on any atom is -0.385 e. The number of rotatable bonds is 4. The van der Waals surface area contributed by atoms with Crippen molar-refractivity contribution in [1.29, 1.82) is 5.26 Å². The molecular weight excluding hydrogens is 276 g/mol. The van der Waals surface area contributed by atoms with Gasteiger partial charge in [-0.15, -0.1) is 0 Å². The van der Waals surface area contributed by atoms with Crippen molar-refractivity contribution < 1.29 is 9.90 Å². The normalized spacial score (nSPS) is 13.0. The molecule has 0 aliphatic rings. The summed E-state index contributed by atoms with van der Waals surface area (Å²) in [4.78, 5) is 12.2. The number of nitriles is 1. The fourth-order valence-electron chi connectivity index (χ4n) is 2.23. The number of hydrogen-bond donors (Lipinski definition) is 2. The molecule has 0 aliphatic heterocycles. The molecule has 112 valence electrons. The SMILES string of the molecule is Cc1ccc(C#N)cc1NC(=O)CC(C)(O)c1ccccc1. The molecule has 0 spiro atoms. The summed E-state index contributed by atoms with van der Waals surface area (Å²) < 4.78 is 0. The Morgan fingerprint density at radius 3 is 2.59 bits per heavy atom. The number of nitrogens with zero attached hydrogens (tertiary/aromatic N) is 1. The molecule has 1 unspecified atom stereocenters. The Hall–Kier alpha value is -2.64. The molecule has 4 heteroatoms. The van der Waals surface area contributed by atoms with Crippen molar-refractivity contribution in [2.75, 3.05) is 5.32 Å². The van der Waals surface area contributed by atoms with E-state index in [1.807, 2.05) is 31.2 Å². The Kier molecular flexibility index (Phi) is 4.59. The number of nitrogens with one attached hydrogen (secondary N) is 1. The van der Waals surface area contributed by atoms with Crippen molar-refractivity contribution in [2.45, 2.75) is 25.9 Å². The zero-order chi connectivity index (χ0) is 16.2. The maximum absolute atomic E-state index is 12.2. The quantitative estimate of drug-likeness (QED) is 0.910. The third-order valence-corrected chi connectivity index (χ3v) is 3.54. The first-order chi connectivity index (χ1) is 10.4. The maximum Gasteiger partial charge on any atom is 0.227 e. The fourth-order valence-corrected chi connectivity index (χ4v) is 2.23. The van der Waals surface area contributed by atoms with Gasteiger partial charge in [0.15, 0.2) is 0 Å². The predicted molar refractivity (Wildman–Crippen MR) is 85.2 cm³/mol. The van der Waals surface area contributed by atoms with Gasteiger partial charge in [-0.05, 0) is 37.1 Å². The molecule has 4 nitrogen and oxygen atoms in total. The Balaban J connectivity index is 2.12. The van der Waals surface area contributed by atoms with E-state index in [9.17, 15) is 9.90 Å². The van der Waals surface area contributed by atoms with E-state index in [-0.39, 0.29) is 12.3 Å². The summed E-state index contributed by atoms with van der Waals surface area (Å²) in [5.41, 5.74) is 1.38. The van der Waals surface area contributed by atoms with Gasteiger partial charge in [-0.3, -0.25) is 4.79 Å². The Labute approximate surface area is 130 Å². The second-order valence-corrected chi connectivity index (χ2v) is 5.51. The van der Waals surface area contributed by atoms with Gasteiger partial charge in [-0.25, -0.2) is 0 Å². The molecule has 2 aromatic rings. The van der Waals surface area contributed by atoms with E-state index in [0.29, 0.717) is 16.8 Å². The van der Waals surface area contributed by atoms with E-state index in [4.69, 9.17) is 5.26 Å². The molecule has 0 bridgehead atoms. The lowest BCUT2D eigenvalue weighted by Gasteiger charge is -2.23. The number of aryl methyl sites for hydroxylation is 1. The van der Waals surface area contributed by atoms with Crippen molar-refractivity contribution in [1.82, 2.24) is 0 Å². The molecule has 0 aromatic heterocycles. The van der Waals surface area contributed by atoms with Gasteiger partial charge >= 0.3 is 0 Å². The molecule has 0 heterocycles. The highest BCUT2D eigenvalue weighted by Gasteiger charge is 2.26. The number of carbonyl (C=O) groups excluding carboxylic acids is 1. The van der Waals surface area contributed by atoms with Crippen LogP contribution in [0.15, 0.2) is 48.5 Å². The Morgan fingerprint density at radius 2 is 1.95 bits per heavy atom. The summed E-state index contributed by atoms with van der Waals surface area (Å²) in [6.07, 6.45) is -0.0623. The summed E-state index contributed by atoms with van der Waals surface area (Å²) >= 11 is 0. The van der Waals surface area contributed by atoms with Crippen LogP contribution in [0.2, 0.25) is 0 Å². The van der Waals surface area contributed by atoms with E-state index in [1.165, 1.54) is 0 Å². The predicted octanol–water partition coefficient (Wildman–Crippen LogP) is 3.10. The zero-order valence-electron chi connectivity index (χ0n) is 12.6. The van der Waals surface area contributed by atoms with Crippen LogP contribution in [0.3, 0.4) is 0 Å². The first kappa shape index (κ1) is 15.7. The number of anilines is 1. The number of hydrogen-bond acceptors (Lipinski definition) is 3. The monoisotopic (exact) mass is 294 g/mol. The van der Waals surface area contributed by atoms with Crippen LogP contribution in [0.4, 0.5) is 5.69 Å². The highest BCUT2D eigenvalue weighted by Crippen LogP contribution is 2.25. The van der Waals surface area contributed by atoms with E-state index in [1.54, 1.807) is 37.3 Å². The van der Waals surface area contributed by atoms with Crippen molar-refractivity contribution in [3.05, 3.63) is 65.2 Å². The summed E-state index contributed by atoms with van der Waals surface area (Å²) in [5, 5.41) is 22.2. The average Bonchev–Trinajstić information content (AvgIpc) is 2.50. The van der Waals surface area contributed by atoms with Gasteiger partial charge in [0.1, 0.15) is 0 Å². The fraction of sp³-hybridized carbons (Fsp3) is 0.222. The van der Waals surface area contributed by atoms with Crippen molar-refractivity contribution in [2.24, 2.45) is 0 Å². The van der Waals surface area contributed by atoms with Crippen LogP contribution in [-0.2, 0) is 10.4 Å². The molecule has 22 heavy (non-hydrogen) atoms. The summed E-state index contributed by atoms with van der Waals surface area (Å²) in [7, 11) is 0. The maximum atomic E-state index is 12.2. The summed E-state index contributed by atoms with van der Waals surface area (Å²) in [6, 6.07) is 16.2. The molecule has 2 N–H and O–H groups in total. The Bertz CT molecular complexity index is 716. The highest BCUT2D eigenvalue weighted by atomic mass is 16.3. The number of benzene rings is 2. The van der Waals surface area contributed by atoms with E-state index >= 15 is 0 Å². The lowest BCUT2D eigenvalue weighted by atomic mass is 9.92. The van der Waals surface area contributed by atoms with Crippen LogP contribution < -0.4 is 5.32 Å². The third kappa shape index (κ3) is 3.72. The van der Waals surface area contributed by atoms with Crippen molar-refractivity contribution >= 4 is 11.6 Å². The van der Waals surface area contributed by atoms with Crippen LogP contribution in [0.25, 0.3) is 0 Å². The third-order valence-electron chi connectivity index (χ3n) is 3.54. The van der Waals surface area contributed by atoms with Gasteiger partial charge in [-0.2, -0.15) is 5.26 Å². The number of carbonyl (C=O) groups is 1. The minimum absolute atomic E-state index is 0.0623. The first-order valence-corrected chi connectivity index (χ1v) is 7.01. The molecular formula is C18H18N2O2. The topological polar surface area (TPSA) is 73.1 Å². The molecule has 2 aromatic carbocycles. The van der Waals surface area contributed by atoms with Crippen molar-refractivity contribution in [3.63, 3.8) is 0 Å². The van der Waals surface area contributed by atoms with Gasteiger partial charge in [0, 0.05) is 5.69 Å². The number of amides is 1. The minimum atomic E-state index is -1.24. The molecule has 0 fully saturated rings. The summed E-state index contributed by atoms with van der Waals surface area (Å²) in [6.45, 7) is 3.46. The van der Waals surface area contributed by atoms with Gasteiger partial charge in [0.25, 0.3) is 0 Å². The highest BCUT2D eigenvalue weighted by molar-refractivity contribution is 5.92. The van der Waals surface area contributed by atoms with Gasteiger partial charge in [0.2, 0.25) is 5.91 Å². The van der Waals surface area contributed by atoms with E-state index < -0.39 is 5.60 Å². The average molecular weight is 294 g/mol. The second kappa shape index (κ2) is 6.42. The van der Waals surface area contributed by atoms with Crippen LogP contribution in [0, 0.1) is 18.3 Å². The van der Waals surface area contributed by atoms with Gasteiger partial charge in [0.05, 0.1) is 23.7 Å². The van der Waals surface area contributed by atoms with Gasteiger partial charge < -0.3 is 10.4 Å². The first-order valence-electron chi connectivity index (χ1n) is 7.01. The van der Waals surface area contributed by atoms with E-state index in [2.05, 4.69) is 5.32 Å². The van der Waals surface area contributed by atoms with Crippen LogP contribution in [-0.4, -0.2) is 11.0 Å². The smallest absolute Gasteiger partial charge is 0.227 e. The summed E-state index contributed by atoms with van der Waals surface area (Å²) in [5.74, 6) is -0.299. The molecule has 2 rings (SSSR count). The molecule has 0 aliphatic carbocycles. The molecule has 1 amide bonds. The molecule has 0 radical (unpaired) electrons. The van der Waals surface area contributed by atoms with Crippen LogP contribution in [0.5, 0.6) is 0 Å². The lowest BCUT2D eigenvalue weighted by molar-refractivity contribution is -0.120. The van der Waals surface area contributed by atoms with E-state index in [0.717, 1.165) is 5.56 Å². The standard InChI is InChI=1S/C18H18N2O2/c1-13-8-9-14(12-19)10-16(13)20-17(21)11-18(2,22)15-6-4-3-5-7-15/h3-10,22H,11H2,1-2H3,(H,20,21). The lowest BCUT2D eigenvalue weighted by Crippen LogP contribution is -2.28. The van der Waals surface area contributed by atoms with Crippen molar-refractivity contribution in [3.8, 4) is 6.07 Å². The van der Waals surface area contributed by atoms with Gasteiger partial charge in [-0.1, -0.05) is 36.4 Å². The number of aliphatic hydroxyl groups is 1. The molecule has 1 atom stereocenters. The largest absolute Gasteiger partial charge is 0.385 e. The van der Waals surface area contributed by atoms with Crippen LogP contribution in [0.1, 0.15) is 30.0 Å². The molecule has 0 saturated carbocycles. The molecule has 0 saturated heterocycles. The zero-order valence-corrected chi connectivity index (χ0v) is 12.6. The Morgan fingerprint density at radius 1 is 1.27 bits per heavy atom.